The molecule has 90 valence electrons. The third-order valence-electron chi connectivity index (χ3n) is 2.95. The van der Waals surface area contributed by atoms with Gasteiger partial charge in [-0.1, -0.05) is 0 Å². The fraction of sp³-hybridized carbons (Fsp3) is 0.308. The first-order chi connectivity index (χ1) is 8.26. The first-order valence-corrected chi connectivity index (χ1v) is 5.61. The Morgan fingerprint density at radius 3 is 2.59 bits per heavy atom. The van der Waals surface area contributed by atoms with Crippen LogP contribution in [0.25, 0.3) is 11.3 Å². The van der Waals surface area contributed by atoms with Crippen LogP contribution in [0.3, 0.4) is 0 Å². The van der Waals surface area contributed by atoms with Crippen LogP contribution in [-0.4, -0.2) is 24.4 Å². The molecule has 4 heteroatoms. The van der Waals surface area contributed by atoms with Crippen molar-refractivity contribution in [3.8, 4) is 17.0 Å². The van der Waals surface area contributed by atoms with Crippen LogP contribution in [-0.2, 0) is 0 Å². The van der Waals surface area contributed by atoms with Crippen LogP contribution in [0, 0.1) is 0 Å². The van der Waals surface area contributed by atoms with E-state index in [1.165, 1.54) is 0 Å². The number of methoxy groups -OCH3 is 1. The molecule has 0 aliphatic rings. The van der Waals surface area contributed by atoms with Crippen LogP contribution in [0.15, 0.2) is 30.5 Å². The first kappa shape index (κ1) is 11.7. The van der Waals surface area contributed by atoms with E-state index in [1.54, 1.807) is 7.11 Å². The summed E-state index contributed by atoms with van der Waals surface area (Å²) < 4.78 is 5.15. The standard InChI is InChI=1S/C13H17N3O/c1-9(14-2)12-8-15-16-13(12)10-4-6-11(17-3)7-5-10/h4-9,14H,1-3H3,(H,15,16). The first-order valence-electron chi connectivity index (χ1n) is 5.61. The van der Waals surface area contributed by atoms with Gasteiger partial charge in [0, 0.05) is 17.2 Å². The molecule has 0 bridgehead atoms. The van der Waals surface area contributed by atoms with Crippen LogP contribution >= 0.6 is 0 Å². The summed E-state index contributed by atoms with van der Waals surface area (Å²) in [6, 6.07) is 8.22. The lowest BCUT2D eigenvalue weighted by molar-refractivity contribution is 0.415. The molecule has 0 radical (unpaired) electrons. The van der Waals surface area contributed by atoms with E-state index < -0.39 is 0 Å². The SMILES string of the molecule is CNC(C)c1cn[nH]c1-c1ccc(OC)cc1. The molecule has 0 aliphatic heterocycles. The quantitative estimate of drug-likeness (QED) is 0.849. The summed E-state index contributed by atoms with van der Waals surface area (Å²) in [6.45, 7) is 2.11. The molecular weight excluding hydrogens is 214 g/mol. The van der Waals surface area contributed by atoms with Gasteiger partial charge in [-0.25, -0.2) is 0 Å². The molecule has 1 atom stereocenters. The lowest BCUT2D eigenvalue weighted by atomic mass is 10.0. The zero-order chi connectivity index (χ0) is 12.3. The van der Waals surface area contributed by atoms with Crippen molar-refractivity contribution < 1.29 is 4.74 Å². The van der Waals surface area contributed by atoms with Crippen LogP contribution in [0.2, 0.25) is 0 Å². The highest BCUT2D eigenvalue weighted by atomic mass is 16.5. The van der Waals surface area contributed by atoms with Crippen molar-refractivity contribution in [2.75, 3.05) is 14.2 Å². The molecule has 0 amide bonds. The maximum Gasteiger partial charge on any atom is 0.118 e. The second kappa shape index (κ2) is 5.01. The molecule has 1 aromatic carbocycles. The van der Waals surface area contributed by atoms with E-state index in [4.69, 9.17) is 4.74 Å². The van der Waals surface area contributed by atoms with Gasteiger partial charge >= 0.3 is 0 Å². The summed E-state index contributed by atoms with van der Waals surface area (Å²) in [5.74, 6) is 0.858. The van der Waals surface area contributed by atoms with Gasteiger partial charge in [-0.3, -0.25) is 5.10 Å². The molecule has 1 heterocycles. The number of H-pyrrole nitrogens is 1. The van der Waals surface area contributed by atoms with Crippen molar-refractivity contribution in [3.63, 3.8) is 0 Å². The fourth-order valence-electron chi connectivity index (χ4n) is 1.77. The normalized spacial score (nSPS) is 12.4. The molecule has 2 N–H and O–H groups in total. The molecular formula is C13H17N3O. The molecule has 0 aliphatic carbocycles. The van der Waals surface area contributed by atoms with Gasteiger partial charge in [-0.05, 0) is 38.2 Å². The van der Waals surface area contributed by atoms with Crippen LogP contribution in [0.1, 0.15) is 18.5 Å². The highest BCUT2D eigenvalue weighted by molar-refractivity contribution is 5.64. The Bertz CT molecular complexity index is 476. The van der Waals surface area contributed by atoms with Gasteiger partial charge in [0.1, 0.15) is 5.75 Å². The molecule has 1 unspecified atom stereocenters. The third-order valence-corrected chi connectivity index (χ3v) is 2.95. The number of aromatic nitrogens is 2. The molecule has 0 spiro atoms. The summed E-state index contributed by atoms with van der Waals surface area (Å²) >= 11 is 0. The molecule has 0 saturated carbocycles. The van der Waals surface area contributed by atoms with Crippen molar-refractivity contribution in [3.05, 3.63) is 36.0 Å². The molecule has 0 saturated heterocycles. The van der Waals surface area contributed by atoms with Gasteiger partial charge in [0.25, 0.3) is 0 Å². The van der Waals surface area contributed by atoms with E-state index in [-0.39, 0.29) is 6.04 Å². The van der Waals surface area contributed by atoms with E-state index in [0.29, 0.717) is 0 Å². The summed E-state index contributed by atoms with van der Waals surface area (Å²) in [7, 11) is 3.61. The van der Waals surface area contributed by atoms with E-state index in [1.807, 2.05) is 37.5 Å². The maximum absolute atomic E-state index is 5.15. The third kappa shape index (κ3) is 2.31. The van der Waals surface area contributed by atoms with Gasteiger partial charge in [-0.15, -0.1) is 0 Å². The predicted octanol–water partition coefficient (Wildman–Crippen LogP) is 2.37. The Balaban J connectivity index is 2.35. The monoisotopic (exact) mass is 231 g/mol. The fourth-order valence-corrected chi connectivity index (χ4v) is 1.77. The topological polar surface area (TPSA) is 49.9 Å². The minimum atomic E-state index is 0.269. The highest BCUT2D eigenvalue weighted by Gasteiger charge is 2.12. The predicted molar refractivity (Wildman–Crippen MR) is 68.1 cm³/mol. The van der Waals surface area contributed by atoms with Gasteiger partial charge in [0.05, 0.1) is 19.0 Å². The smallest absolute Gasteiger partial charge is 0.118 e. The zero-order valence-electron chi connectivity index (χ0n) is 10.3. The van der Waals surface area contributed by atoms with Gasteiger partial charge < -0.3 is 10.1 Å². The minimum Gasteiger partial charge on any atom is -0.497 e. The number of nitrogens with zero attached hydrogens (tertiary/aromatic N) is 1. The average Bonchev–Trinajstić information content (AvgIpc) is 2.87. The molecule has 2 rings (SSSR count). The van der Waals surface area contributed by atoms with Gasteiger partial charge in [-0.2, -0.15) is 5.10 Å². The Morgan fingerprint density at radius 1 is 1.29 bits per heavy atom. The van der Waals surface area contributed by atoms with E-state index in [9.17, 15) is 0 Å². The lowest BCUT2D eigenvalue weighted by Crippen LogP contribution is -2.12. The summed E-state index contributed by atoms with van der Waals surface area (Å²) in [4.78, 5) is 0. The Hall–Kier alpha value is -1.81. The van der Waals surface area contributed by atoms with E-state index in [0.717, 1.165) is 22.6 Å². The number of rotatable bonds is 4. The second-order valence-electron chi connectivity index (χ2n) is 3.94. The van der Waals surface area contributed by atoms with Crippen LogP contribution < -0.4 is 10.1 Å². The van der Waals surface area contributed by atoms with Crippen molar-refractivity contribution in [1.29, 1.82) is 0 Å². The minimum absolute atomic E-state index is 0.269. The van der Waals surface area contributed by atoms with E-state index in [2.05, 4.69) is 22.4 Å². The Morgan fingerprint density at radius 2 is 2.00 bits per heavy atom. The van der Waals surface area contributed by atoms with Crippen molar-refractivity contribution >= 4 is 0 Å². The second-order valence-corrected chi connectivity index (χ2v) is 3.94. The Labute approximate surface area is 101 Å². The number of hydrogen-bond acceptors (Lipinski definition) is 3. The summed E-state index contributed by atoms with van der Waals surface area (Å²) in [5, 5.41) is 10.4. The molecule has 1 aromatic heterocycles. The number of benzene rings is 1. The summed E-state index contributed by atoms with van der Waals surface area (Å²) in [6.07, 6.45) is 1.86. The number of nitrogens with one attached hydrogen (secondary N) is 2. The van der Waals surface area contributed by atoms with Crippen LogP contribution in [0.4, 0.5) is 0 Å². The largest absolute Gasteiger partial charge is 0.497 e. The lowest BCUT2D eigenvalue weighted by Gasteiger charge is -2.10. The van der Waals surface area contributed by atoms with Crippen molar-refractivity contribution in [1.82, 2.24) is 15.5 Å². The van der Waals surface area contributed by atoms with Gasteiger partial charge in [0.15, 0.2) is 0 Å². The number of ether oxygens (including phenoxy) is 1. The number of hydrogen-bond donors (Lipinski definition) is 2. The van der Waals surface area contributed by atoms with Crippen molar-refractivity contribution in [2.24, 2.45) is 0 Å². The van der Waals surface area contributed by atoms with E-state index >= 15 is 0 Å². The summed E-state index contributed by atoms with van der Waals surface area (Å²) in [5.41, 5.74) is 3.33. The highest BCUT2D eigenvalue weighted by Crippen LogP contribution is 2.27. The van der Waals surface area contributed by atoms with Crippen LogP contribution in [0.5, 0.6) is 5.75 Å². The molecule has 0 fully saturated rings. The molecule has 17 heavy (non-hydrogen) atoms. The average molecular weight is 231 g/mol. The maximum atomic E-state index is 5.15. The zero-order valence-corrected chi connectivity index (χ0v) is 10.3. The number of aromatic amines is 1. The van der Waals surface area contributed by atoms with Gasteiger partial charge in [0.2, 0.25) is 0 Å². The Kier molecular flexibility index (Phi) is 3.44. The molecule has 2 aromatic rings. The van der Waals surface area contributed by atoms with Crippen molar-refractivity contribution in [2.45, 2.75) is 13.0 Å². The molecule has 4 nitrogen and oxygen atoms in total.